The number of nitriles is 4. The zero-order valence-electron chi connectivity index (χ0n) is 13.0. The summed E-state index contributed by atoms with van der Waals surface area (Å²) in [6.07, 6.45) is 0.507. The van der Waals surface area contributed by atoms with Crippen molar-refractivity contribution >= 4 is 0 Å². The number of nitrogens with zero attached hydrogens (tertiary/aromatic N) is 4. The predicted octanol–water partition coefficient (Wildman–Crippen LogP) is 0.914. The van der Waals surface area contributed by atoms with Crippen molar-refractivity contribution in [2.45, 2.75) is 12.8 Å². The molecule has 0 spiro atoms. The van der Waals surface area contributed by atoms with Gasteiger partial charge in [-0.3, -0.25) is 0 Å². The average molecular weight is 320 g/mol. The monoisotopic (exact) mass is 320 g/mol. The van der Waals surface area contributed by atoms with Crippen LogP contribution in [0.1, 0.15) is 12.8 Å². The molecule has 0 radical (unpaired) electrons. The Balaban J connectivity index is 4.71. The summed E-state index contributed by atoms with van der Waals surface area (Å²) in [7, 11) is 0. The first kappa shape index (κ1) is 20.8. The Kier molecular flexibility index (Phi) is 13.3. The van der Waals surface area contributed by atoms with Crippen LogP contribution in [0, 0.1) is 50.7 Å². The van der Waals surface area contributed by atoms with Gasteiger partial charge >= 0.3 is 0 Å². The van der Waals surface area contributed by atoms with Gasteiger partial charge in [0.2, 0.25) is 0 Å². The maximum Gasteiger partial charge on any atom is 0.133 e. The molecule has 0 aromatic carbocycles. The number of rotatable bonds is 14. The lowest BCUT2D eigenvalue weighted by atomic mass is 9.92. The molecule has 0 saturated carbocycles. The van der Waals surface area contributed by atoms with Crippen molar-refractivity contribution < 1.29 is 18.9 Å². The fourth-order valence-electron chi connectivity index (χ4n) is 1.69. The van der Waals surface area contributed by atoms with Crippen molar-refractivity contribution in [1.82, 2.24) is 0 Å². The molecule has 0 aliphatic heterocycles. The summed E-state index contributed by atoms with van der Waals surface area (Å²) in [5, 5.41) is 34.2. The van der Waals surface area contributed by atoms with Gasteiger partial charge in [0.1, 0.15) is 13.2 Å². The molecule has 0 aliphatic rings. The second-order valence-electron chi connectivity index (χ2n) is 4.72. The van der Waals surface area contributed by atoms with Gasteiger partial charge in [0.15, 0.2) is 0 Å². The van der Waals surface area contributed by atoms with Crippen LogP contribution >= 0.6 is 0 Å². The topological polar surface area (TPSA) is 132 Å². The third-order valence-electron chi connectivity index (χ3n) is 2.68. The van der Waals surface area contributed by atoms with Gasteiger partial charge in [0.05, 0.1) is 82.2 Å². The van der Waals surface area contributed by atoms with E-state index in [1.165, 1.54) is 0 Å². The Morgan fingerprint density at radius 2 is 0.957 bits per heavy atom. The van der Waals surface area contributed by atoms with Crippen molar-refractivity contribution in [2.24, 2.45) is 5.41 Å². The molecule has 23 heavy (non-hydrogen) atoms. The van der Waals surface area contributed by atoms with Gasteiger partial charge in [-0.15, -0.1) is 0 Å². The number of ether oxygens (including phenoxy) is 4. The van der Waals surface area contributed by atoms with Crippen LogP contribution in [0.2, 0.25) is 0 Å². The fraction of sp³-hybridized carbons (Fsp3) is 0.733. The minimum Gasteiger partial charge on any atom is -0.380 e. The lowest BCUT2D eigenvalue weighted by Gasteiger charge is -2.32. The maximum atomic E-state index is 8.59. The molecule has 0 N–H and O–H groups in total. The van der Waals surface area contributed by atoms with E-state index in [2.05, 4.69) is 0 Å². The smallest absolute Gasteiger partial charge is 0.133 e. The largest absolute Gasteiger partial charge is 0.380 e. The highest BCUT2D eigenvalue weighted by molar-refractivity contribution is 4.82. The molecule has 8 nitrogen and oxygen atoms in total. The Bertz CT molecular complexity index is 426. The summed E-state index contributed by atoms with van der Waals surface area (Å²) in [6, 6.07) is 7.71. The van der Waals surface area contributed by atoms with E-state index in [0.717, 1.165) is 0 Å². The lowest BCUT2D eigenvalue weighted by Crippen LogP contribution is -2.42. The van der Waals surface area contributed by atoms with Gasteiger partial charge < -0.3 is 18.9 Å². The van der Waals surface area contributed by atoms with E-state index < -0.39 is 5.41 Å². The van der Waals surface area contributed by atoms with Crippen LogP contribution in [0.4, 0.5) is 0 Å². The predicted molar refractivity (Wildman–Crippen MR) is 77.4 cm³/mol. The molecule has 0 amide bonds. The van der Waals surface area contributed by atoms with Crippen molar-refractivity contribution in [3.63, 3.8) is 0 Å². The summed E-state index contributed by atoms with van der Waals surface area (Å²) >= 11 is 0. The molecular formula is C15H20N4O4. The first-order valence-electron chi connectivity index (χ1n) is 7.03. The molecule has 0 heterocycles. The highest BCUT2D eigenvalue weighted by atomic mass is 16.5. The molecule has 8 heteroatoms. The second kappa shape index (κ2) is 14.7. The van der Waals surface area contributed by atoms with E-state index >= 15 is 0 Å². The minimum absolute atomic E-state index is 0.0869. The van der Waals surface area contributed by atoms with Crippen molar-refractivity contribution in [1.29, 1.82) is 21.0 Å². The number of hydrogen-bond donors (Lipinski definition) is 0. The molecule has 0 aliphatic carbocycles. The van der Waals surface area contributed by atoms with Gasteiger partial charge in [0.25, 0.3) is 0 Å². The molecule has 0 atom stereocenters. The Hall–Kier alpha value is -2.20. The molecule has 0 rings (SSSR count). The first-order chi connectivity index (χ1) is 11.2. The molecule has 0 bridgehead atoms. The zero-order chi connectivity index (χ0) is 17.2. The number of hydrogen-bond acceptors (Lipinski definition) is 8. The van der Waals surface area contributed by atoms with Crippen molar-refractivity contribution in [3.05, 3.63) is 0 Å². The van der Waals surface area contributed by atoms with Gasteiger partial charge in [-0.1, -0.05) is 0 Å². The van der Waals surface area contributed by atoms with E-state index in [1.807, 2.05) is 24.3 Å². The van der Waals surface area contributed by atoms with E-state index in [4.69, 9.17) is 40.0 Å². The van der Waals surface area contributed by atoms with E-state index in [1.54, 1.807) is 0 Å². The quantitative estimate of drug-likeness (QED) is 0.431. The Morgan fingerprint density at radius 1 is 0.565 bits per heavy atom. The van der Waals surface area contributed by atoms with Crippen LogP contribution in [-0.2, 0) is 18.9 Å². The summed E-state index contributed by atoms with van der Waals surface area (Å²) in [5.74, 6) is 0. The summed E-state index contributed by atoms with van der Waals surface area (Å²) < 4.78 is 21.5. The van der Waals surface area contributed by atoms with Gasteiger partial charge in [-0.05, 0) is 0 Å². The van der Waals surface area contributed by atoms with Crippen LogP contribution < -0.4 is 0 Å². The maximum absolute atomic E-state index is 8.59. The second-order valence-corrected chi connectivity index (χ2v) is 4.72. The third kappa shape index (κ3) is 11.1. The van der Waals surface area contributed by atoms with E-state index in [-0.39, 0.29) is 65.7 Å². The normalized spacial score (nSPS) is 10.3. The summed E-state index contributed by atoms with van der Waals surface area (Å²) in [6.45, 7) is 1.01. The highest BCUT2D eigenvalue weighted by Gasteiger charge is 2.32. The summed E-state index contributed by atoms with van der Waals surface area (Å²) in [4.78, 5) is 0. The SMILES string of the molecule is N#CCCOCC(COCC#N)(COCC#N)COCCC#N. The average Bonchev–Trinajstić information content (AvgIpc) is 2.56. The van der Waals surface area contributed by atoms with Gasteiger partial charge in [-0.2, -0.15) is 21.0 Å². The van der Waals surface area contributed by atoms with Crippen molar-refractivity contribution in [2.75, 3.05) is 52.9 Å². The standard InChI is InChI=1S/C15H20N4O4/c16-3-1-7-20-11-15(13-22-9-5-18,14-23-10-6-19)12-21-8-2-4-17/h1-2,7-14H2. The third-order valence-corrected chi connectivity index (χ3v) is 2.68. The molecule has 0 fully saturated rings. The minimum atomic E-state index is -0.710. The molecule has 124 valence electrons. The molecule has 0 aromatic rings. The van der Waals surface area contributed by atoms with Gasteiger partial charge in [-0.25, -0.2) is 0 Å². The lowest BCUT2D eigenvalue weighted by molar-refractivity contribution is -0.0987. The molecule has 0 unspecified atom stereocenters. The van der Waals surface area contributed by atoms with Crippen LogP contribution in [0.5, 0.6) is 0 Å². The highest BCUT2D eigenvalue weighted by Crippen LogP contribution is 2.21. The van der Waals surface area contributed by atoms with Crippen molar-refractivity contribution in [3.8, 4) is 24.3 Å². The molecular weight excluding hydrogens is 300 g/mol. The van der Waals surface area contributed by atoms with Gasteiger partial charge in [0, 0.05) is 0 Å². The molecule has 0 aromatic heterocycles. The Morgan fingerprint density at radius 3 is 1.30 bits per heavy atom. The van der Waals surface area contributed by atoms with E-state index in [9.17, 15) is 0 Å². The first-order valence-corrected chi connectivity index (χ1v) is 7.03. The van der Waals surface area contributed by atoms with Crippen LogP contribution in [0.25, 0.3) is 0 Å². The van der Waals surface area contributed by atoms with Crippen LogP contribution in [-0.4, -0.2) is 52.9 Å². The zero-order valence-corrected chi connectivity index (χ0v) is 13.0. The van der Waals surface area contributed by atoms with Crippen LogP contribution in [0.3, 0.4) is 0 Å². The van der Waals surface area contributed by atoms with Crippen LogP contribution in [0.15, 0.2) is 0 Å². The van der Waals surface area contributed by atoms with E-state index in [0.29, 0.717) is 0 Å². The Labute approximate surface area is 136 Å². The molecule has 0 saturated heterocycles. The summed E-state index contributed by atoms with van der Waals surface area (Å²) in [5.41, 5.74) is -0.710. The fourth-order valence-corrected chi connectivity index (χ4v) is 1.69.